The molecule has 0 aromatic carbocycles. The minimum atomic E-state index is -4.96. The van der Waals surface area contributed by atoms with Gasteiger partial charge in [0.25, 0.3) is 10.1 Å². The van der Waals surface area contributed by atoms with Gasteiger partial charge in [-0.25, -0.2) is 12.6 Å². The van der Waals surface area contributed by atoms with E-state index in [0.717, 1.165) is 0 Å². The molecule has 74 valence electrons. The van der Waals surface area contributed by atoms with Crippen molar-refractivity contribution >= 4 is 25.2 Å². The molecule has 0 aromatic heterocycles. The predicted molar refractivity (Wildman–Crippen MR) is 35.8 cm³/mol. The summed E-state index contributed by atoms with van der Waals surface area (Å²) in [6.07, 6.45) is 0.111. The zero-order valence-electron chi connectivity index (χ0n) is 7.92. The van der Waals surface area contributed by atoms with E-state index < -0.39 is 25.2 Å². The summed E-state index contributed by atoms with van der Waals surface area (Å²) in [7, 11) is -8.23. The first kappa shape index (κ1) is 24.6. The second-order valence-electron chi connectivity index (χ2n) is 1.35. The van der Waals surface area contributed by atoms with Gasteiger partial charge in [-0.15, -0.1) is 0 Å². The van der Waals surface area contributed by atoms with Gasteiger partial charge in [0.2, 0.25) is 9.15 Å². The molecule has 1 N–H and O–H groups in total. The fourth-order valence-corrected chi connectivity index (χ4v) is 0. The average molecular weight is 264 g/mol. The van der Waals surface area contributed by atoms with Crippen molar-refractivity contribution in [3.05, 3.63) is 0 Å². The molecule has 0 aliphatic carbocycles. The minimum absolute atomic E-state index is 0. The number of hydrogen-bond donors (Lipinski definition) is 1. The summed E-state index contributed by atoms with van der Waals surface area (Å²) in [4.78, 5) is 9.26. The van der Waals surface area contributed by atoms with Gasteiger partial charge in [0.1, 0.15) is 0 Å². The summed E-state index contributed by atoms with van der Waals surface area (Å²) in [5.41, 5.74) is 0. The molecule has 0 saturated carbocycles. The van der Waals surface area contributed by atoms with E-state index in [1.807, 2.05) is 0 Å². The zero-order valence-corrected chi connectivity index (χ0v) is 13.6. The van der Waals surface area contributed by atoms with Crippen molar-refractivity contribution in [2.45, 2.75) is 13.3 Å². The first-order valence-corrected chi connectivity index (χ1v) is 5.52. The molecule has 1 unspecified atom stereocenters. The number of carbonyl (C=O) groups excluding carboxylic acids is 1. The Balaban J connectivity index is -0.0000000651. The molecule has 0 spiro atoms. The SMILES string of the molecule is CCC(=O)[O-].O=S(O)S(=O)(=O)[O-].[Na+].[Na+]. The summed E-state index contributed by atoms with van der Waals surface area (Å²) in [6.45, 7) is 1.54. The van der Waals surface area contributed by atoms with E-state index in [9.17, 15) is 27.1 Å². The molecular weight excluding hydrogens is 258 g/mol. The van der Waals surface area contributed by atoms with E-state index in [-0.39, 0.29) is 65.5 Å². The molecule has 14 heavy (non-hydrogen) atoms. The van der Waals surface area contributed by atoms with Crippen LogP contribution in [-0.2, 0) is 24.1 Å². The van der Waals surface area contributed by atoms with Gasteiger partial charge < -0.3 is 14.5 Å². The van der Waals surface area contributed by atoms with Crippen LogP contribution in [0.15, 0.2) is 0 Å². The quantitative estimate of drug-likeness (QED) is 0.226. The van der Waals surface area contributed by atoms with E-state index in [1.165, 1.54) is 6.92 Å². The summed E-state index contributed by atoms with van der Waals surface area (Å²) < 4.78 is 44.4. The molecule has 0 heterocycles. The fourth-order valence-electron chi connectivity index (χ4n) is 0. The molecular formula is C3H6Na2O7S2. The zero-order chi connectivity index (χ0) is 10.4. The van der Waals surface area contributed by atoms with E-state index in [2.05, 4.69) is 0 Å². The van der Waals surface area contributed by atoms with E-state index in [1.54, 1.807) is 0 Å². The van der Waals surface area contributed by atoms with Crippen LogP contribution in [0.25, 0.3) is 0 Å². The third-order valence-corrected chi connectivity index (χ3v) is 1.86. The molecule has 0 aliphatic rings. The van der Waals surface area contributed by atoms with Gasteiger partial charge in [-0.2, -0.15) is 0 Å². The van der Waals surface area contributed by atoms with E-state index in [0.29, 0.717) is 0 Å². The Kier molecular flexibility index (Phi) is 22.1. The topological polar surface area (TPSA) is 135 Å². The molecule has 0 fully saturated rings. The number of carbonyl (C=O) groups is 1. The second kappa shape index (κ2) is 12.6. The monoisotopic (exact) mass is 264 g/mol. The molecule has 0 aromatic rings. The van der Waals surface area contributed by atoms with Crippen molar-refractivity contribution in [3.63, 3.8) is 0 Å². The number of carboxylic acid groups (broad SMARTS) is 1. The normalized spacial score (nSPS) is 10.8. The summed E-state index contributed by atoms with van der Waals surface area (Å²) in [6, 6.07) is 0. The van der Waals surface area contributed by atoms with Crippen molar-refractivity contribution in [2.75, 3.05) is 0 Å². The van der Waals surface area contributed by atoms with Crippen LogP contribution in [-0.4, -0.2) is 27.7 Å². The van der Waals surface area contributed by atoms with Crippen LogP contribution in [0.4, 0.5) is 0 Å². The molecule has 11 heteroatoms. The molecule has 1 atom stereocenters. The van der Waals surface area contributed by atoms with Gasteiger partial charge in [-0.1, -0.05) is 6.92 Å². The smallest absolute Gasteiger partial charge is 0.736 e. The third-order valence-electron chi connectivity index (χ3n) is 0.463. The largest absolute Gasteiger partial charge is 1.00 e. The Hall–Kier alpha value is 1.49. The van der Waals surface area contributed by atoms with Crippen molar-refractivity contribution in [1.82, 2.24) is 0 Å². The Labute approximate surface area is 128 Å². The van der Waals surface area contributed by atoms with Crippen LogP contribution in [0.5, 0.6) is 0 Å². The van der Waals surface area contributed by atoms with Crippen molar-refractivity contribution < 1.29 is 90.7 Å². The summed E-state index contributed by atoms with van der Waals surface area (Å²) in [5.74, 6) is -0.995. The number of rotatable bonds is 2. The molecule has 0 amide bonds. The van der Waals surface area contributed by atoms with Gasteiger partial charge in [0, 0.05) is 5.97 Å². The summed E-state index contributed by atoms with van der Waals surface area (Å²) in [5, 5.41) is 9.26. The number of aliphatic carboxylic acids is 1. The first-order chi connectivity index (χ1) is 5.21. The predicted octanol–water partition coefficient (Wildman–Crippen LogP) is -8.18. The Bertz CT molecular complexity index is 260. The van der Waals surface area contributed by atoms with Crippen molar-refractivity contribution in [2.24, 2.45) is 0 Å². The molecule has 0 radical (unpaired) electrons. The van der Waals surface area contributed by atoms with Gasteiger partial charge in [0.05, 0.1) is 0 Å². The maximum absolute atomic E-state index is 9.26. The van der Waals surface area contributed by atoms with Crippen LogP contribution in [0.1, 0.15) is 13.3 Å². The number of hydrogen-bond acceptors (Lipinski definition) is 6. The van der Waals surface area contributed by atoms with Crippen molar-refractivity contribution in [3.8, 4) is 0 Å². The average Bonchev–Trinajstić information content (AvgIpc) is 1.87. The van der Waals surface area contributed by atoms with Gasteiger partial charge in [-0.3, -0.25) is 4.55 Å². The van der Waals surface area contributed by atoms with Gasteiger partial charge in [-0.05, 0) is 6.42 Å². The van der Waals surface area contributed by atoms with Gasteiger partial charge in [0.15, 0.2) is 0 Å². The van der Waals surface area contributed by atoms with Crippen molar-refractivity contribution in [1.29, 1.82) is 0 Å². The Morgan fingerprint density at radius 3 is 1.57 bits per heavy atom. The van der Waals surface area contributed by atoms with Crippen LogP contribution >= 0.6 is 0 Å². The standard InChI is InChI=1S/C3H6O2.2Na.H2O5S2/c1-2-3(4)5;;;1-6(2)7(3,4)5/h2H2,1H3,(H,4,5);;;(H,1,2)(H,3,4,5)/q;2*+1;/p-2. The second-order valence-corrected chi connectivity index (χ2v) is 4.68. The van der Waals surface area contributed by atoms with Crippen LogP contribution < -0.4 is 64.2 Å². The molecule has 7 nitrogen and oxygen atoms in total. The molecule has 0 aliphatic heterocycles. The van der Waals surface area contributed by atoms with Crippen LogP contribution in [0.2, 0.25) is 0 Å². The Morgan fingerprint density at radius 1 is 1.43 bits per heavy atom. The molecule has 0 saturated heterocycles. The van der Waals surface area contributed by atoms with E-state index in [4.69, 9.17) is 4.55 Å². The first-order valence-electron chi connectivity index (χ1n) is 2.48. The maximum atomic E-state index is 9.26. The third kappa shape index (κ3) is 23.4. The molecule has 0 bridgehead atoms. The van der Waals surface area contributed by atoms with E-state index >= 15 is 0 Å². The van der Waals surface area contributed by atoms with Gasteiger partial charge >= 0.3 is 59.1 Å². The Morgan fingerprint density at radius 2 is 1.57 bits per heavy atom. The number of carboxylic acids is 1. The molecule has 0 rings (SSSR count). The fraction of sp³-hybridized carbons (Fsp3) is 0.667. The summed E-state index contributed by atoms with van der Waals surface area (Å²) >= 11 is 0. The van der Waals surface area contributed by atoms with Crippen LogP contribution in [0, 0.1) is 0 Å². The minimum Gasteiger partial charge on any atom is -0.736 e. The maximum Gasteiger partial charge on any atom is 1.00 e. The van der Waals surface area contributed by atoms with Crippen LogP contribution in [0.3, 0.4) is 0 Å².